The predicted octanol–water partition coefficient (Wildman–Crippen LogP) is 4.87. The van der Waals surface area contributed by atoms with Crippen molar-refractivity contribution in [1.82, 2.24) is 4.57 Å². The molecule has 29 heavy (non-hydrogen) atoms. The Balaban J connectivity index is 2.46. The number of halogens is 2. The molecule has 0 aliphatic heterocycles. The van der Waals surface area contributed by atoms with Crippen LogP contribution in [-0.2, 0) is 6.54 Å². The van der Waals surface area contributed by atoms with Crippen molar-refractivity contribution in [2.45, 2.75) is 20.4 Å². The van der Waals surface area contributed by atoms with E-state index in [9.17, 15) is 19.1 Å². The van der Waals surface area contributed by atoms with Crippen LogP contribution < -0.4 is 5.43 Å². The molecule has 1 N–H and O–H groups in total. The second kappa shape index (κ2) is 7.90. The molecular weight excluding hydrogens is 395 g/mol. The maximum Gasteiger partial charge on any atom is 0.341 e. The third kappa shape index (κ3) is 3.65. The van der Waals surface area contributed by atoms with Crippen molar-refractivity contribution in [3.63, 3.8) is 0 Å². The van der Waals surface area contributed by atoms with Gasteiger partial charge in [0.15, 0.2) is 0 Å². The van der Waals surface area contributed by atoms with E-state index in [0.717, 1.165) is 12.1 Å². The van der Waals surface area contributed by atoms with Gasteiger partial charge in [0.05, 0.1) is 17.3 Å². The van der Waals surface area contributed by atoms with Crippen molar-refractivity contribution in [2.24, 2.45) is 0 Å². The average molecular weight is 411 g/mol. The molecule has 0 saturated heterocycles. The number of nitriles is 1. The van der Waals surface area contributed by atoms with Crippen LogP contribution in [0.2, 0.25) is 5.02 Å². The summed E-state index contributed by atoms with van der Waals surface area (Å²) in [6, 6.07) is 11.9. The van der Waals surface area contributed by atoms with Gasteiger partial charge in [-0.1, -0.05) is 23.7 Å². The van der Waals surface area contributed by atoms with E-state index in [1.807, 2.05) is 13.0 Å². The number of benzene rings is 2. The van der Waals surface area contributed by atoms with Crippen molar-refractivity contribution >= 4 is 17.6 Å². The van der Waals surface area contributed by atoms with Gasteiger partial charge in [0.2, 0.25) is 5.43 Å². The number of nitrogens with zero attached hydrogens (tertiary/aromatic N) is 2. The van der Waals surface area contributed by atoms with Crippen LogP contribution in [0.15, 0.2) is 47.3 Å². The second-order valence-corrected chi connectivity index (χ2v) is 6.85. The number of carbonyl (C=O) groups is 1. The highest BCUT2D eigenvalue weighted by Crippen LogP contribution is 2.30. The average Bonchev–Trinajstić information content (AvgIpc) is 2.67. The molecule has 0 atom stereocenters. The number of carboxylic acid groups (broad SMARTS) is 1. The molecule has 7 heteroatoms. The summed E-state index contributed by atoms with van der Waals surface area (Å²) in [7, 11) is 0. The first kappa shape index (κ1) is 20.3. The maximum atomic E-state index is 14.0. The highest BCUT2D eigenvalue weighted by molar-refractivity contribution is 6.30. The minimum atomic E-state index is -1.39. The molecule has 146 valence electrons. The molecule has 5 nitrogen and oxygen atoms in total. The van der Waals surface area contributed by atoms with Gasteiger partial charge in [-0.05, 0) is 55.3 Å². The lowest BCUT2D eigenvalue weighted by Gasteiger charge is -2.21. The Bertz CT molecular complexity index is 1220. The van der Waals surface area contributed by atoms with Crippen LogP contribution >= 0.6 is 11.6 Å². The van der Waals surface area contributed by atoms with E-state index in [2.05, 4.69) is 0 Å². The first-order chi connectivity index (χ1) is 13.8. The number of hydrogen-bond donors (Lipinski definition) is 1. The SMILES string of the molecule is CCn1c(C)c(-c2cc(F)cc(C#N)c2)c(=O)c(C(=O)O)c1-c1ccc(Cl)cc1. The third-order valence-corrected chi connectivity index (χ3v) is 4.94. The molecule has 0 amide bonds. The number of rotatable bonds is 4. The normalized spacial score (nSPS) is 10.6. The number of hydrogen-bond acceptors (Lipinski definition) is 3. The largest absolute Gasteiger partial charge is 0.477 e. The van der Waals surface area contributed by atoms with Gasteiger partial charge in [-0.2, -0.15) is 5.26 Å². The zero-order valence-electron chi connectivity index (χ0n) is 15.7. The summed E-state index contributed by atoms with van der Waals surface area (Å²) in [6.45, 7) is 3.86. The van der Waals surface area contributed by atoms with Crippen molar-refractivity contribution in [1.29, 1.82) is 5.26 Å². The Hall–Kier alpha value is -3.43. The molecule has 0 unspecified atom stereocenters. The maximum absolute atomic E-state index is 14.0. The smallest absolute Gasteiger partial charge is 0.341 e. The fourth-order valence-electron chi connectivity index (χ4n) is 3.47. The van der Waals surface area contributed by atoms with Crippen LogP contribution in [0.4, 0.5) is 4.39 Å². The molecule has 0 saturated carbocycles. The first-order valence-corrected chi connectivity index (χ1v) is 9.14. The van der Waals surface area contributed by atoms with Crippen molar-refractivity contribution in [2.75, 3.05) is 0 Å². The molecule has 0 aliphatic rings. The molecule has 0 aliphatic carbocycles. The van der Waals surface area contributed by atoms with E-state index in [1.165, 1.54) is 6.07 Å². The van der Waals surface area contributed by atoms with Crippen LogP contribution in [0.3, 0.4) is 0 Å². The highest BCUT2D eigenvalue weighted by atomic mass is 35.5. The lowest BCUT2D eigenvalue weighted by atomic mass is 9.95. The summed E-state index contributed by atoms with van der Waals surface area (Å²) in [5.74, 6) is -2.07. The van der Waals surface area contributed by atoms with Crippen molar-refractivity contribution in [3.8, 4) is 28.5 Å². The number of aromatic carboxylic acids is 1. The van der Waals surface area contributed by atoms with Crippen LogP contribution in [0.25, 0.3) is 22.4 Å². The standard InChI is InChI=1S/C22H16ClFN2O3/c1-3-26-12(2)18(15-8-13(11-25)9-17(24)10-15)21(27)19(22(28)29)20(26)14-4-6-16(23)7-5-14/h4-10H,3H2,1-2H3,(H,28,29). The molecule has 0 spiro atoms. The van der Waals surface area contributed by atoms with Gasteiger partial charge in [-0.25, -0.2) is 9.18 Å². The predicted molar refractivity (Wildman–Crippen MR) is 109 cm³/mol. The van der Waals surface area contributed by atoms with E-state index in [4.69, 9.17) is 16.9 Å². The van der Waals surface area contributed by atoms with Crippen LogP contribution in [0, 0.1) is 24.1 Å². The van der Waals surface area contributed by atoms with E-state index in [-0.39, 0.29) is 22.4 Å². The van der Waals surface area contributed by atoms with Gasteiger partial charge < -0.3 is 9.67 Å². The summed E-state index contributed by atoms with van der Waals surface area (Å²) >= 11 is 5.94. The van der Waals surface area contributed by atoms with Crippen molar-refractivity contribution < 1.29 is 14.3 Å². The van der Waals surface area contributed by atoms with Gasteiger partial charge >= 0.3 is 5.97 Å². The Morgan fingerprint density at radius 1 is 1.21 bits per heavy atom. The summed E-state index contributed by atoms with van der Waals surface area (Å²) < 4.78 is 15.7. The fraction of sp³-hybridized carbons (Fsp3) is 0.136. The quantitative estimate of drug-likeness (QED) is 0.664. The first-order valence-electron chi connectivity index (χ1n) is 8.76. The highest BCUT2D eigenvalue weighted by Gasteiger charge is 2.25. The zero-order valence-corrected chi connectivity index (χ0v) is 16.4. The van der Waals surface area contributed by atoms with Crippen LogP contribution in [-0.4, -0.2) is 15.6 Å². The number of carboxylic acids is 1. The van der Waals surface area contributed by atoms with E-state index >= 15 is 0 Å². The molecule has 3 aromatic rings. The Morgan fingerprint density at radius 3 is 2.41 bits per heavy atom. The molecule has 1 heterocycles. The fourth-order valence-corrected chi connectivity index (χ4v) is 3.60. The summed E-state index contributed by atoms with van der Waals surface area (Å²) in [5, 5.41) is 19.4. The molecular formula is C22H16ClFN2O3. The van der Waals surface area contributed by atoms with Gasteiger partial charge in [0, 0.05) is 22.8 Å². The van der Waals surface area contributed by atoms with Crippen LogP contribution in [0.5, 0.6) is 0 Å². The topological polar surface area (TPSA) is 83.1 Å². The molecule has 3 rings (SSSR count). The third-order valence-electron chi connectivity index (χ3n) is 4.69. The Labute approximate surface area is 171 Å². The lowest BCUT2D eigenvalue weighted by Crippen LogP contribution is -2.25. The van der Waals surface area contributed by atoms with Gasteiger partial charge in [0.1, 0.15) is 11.4 Å². The van der Waals surface area contributed by atoms with E-state index < -0.39 is 22.8 Å². The van der Waals surface area contributed by atoms with Gasteiger partial charge in [0.25, 0.3) is 0 Å². The molecule has 0 bridgehead atoms. The van der Waals surface area contributed by atoms with Crippen LogP contribution in [0.1, 0.15) is 28.5 Å². The summed E-state index contributed by atoms with van der Waals surface area (Å²) in [6.07, 6.45) is 0. The molecule has 2 aromatic carbocycles. The Morgan fingerprint density at radius 2 is 1.86 bits per heavy atom. The molecule has 0 radical (unpaired) electrons. The number of pyridine rings is 1. The van der Waals surface area contributed by atoms with E-state index in [1.54, 1.807) is 35.8 Å². The summed E-state index contributed by atoms with van der Waals surface area (Å²) in [5.41, 5.74) is 0.352. The lowest BCUT2D eigenvalue weighted by molar-refractivity contribution is 0.0695. The zero-order chi connectivity index (χ0) is 21.3. The molecule has 0 fully saturated rings. The monoisotopic (exact) mass is 410 g/mol. The number of aromatic nitrogens is 1. The Kier molecular flexibility index (Phi) is 5.53. The minimum absolute atomic E-state index is 0.0421. The van der Waals surface area contributed by atoms with E-state index in [0.29, 0.717) is 22.8 Å². The second-order valence-electron chi connectivity index (χ2n) is 6.41. The van der Waals surface area contributed by atoms with Gasteiger partial charge in [-0.15, -0.1) is 0 Å². The van der Waals surface area contributed by atoms with Crippen molar-refractivity contribution in [3.05, 3.63) is 80.3 Å². The summed E-state index contributed by atoms with van der Waals surface area (Å²) in [4.78, 5) is 25.3. The minimum Gasteiger partial charge on any atom is -0.477 e. The molecule has 1 aromatic heterocycles. The van der Waals surface area contributed by atoms with Gasteiger partial charge in [-0.3, -0.25) is 4.79 Å².